The lowest BCUT2D eigenvalue weighted by Crippen LogP contribution is -2.02. The Hall–Kier alpha value is -1.16. The Morgan fingerprint density at radius 2 is 2.00 bits per heavy atom. The van der Waals surface area contributed by atoms with Gasteiger partial charge in [-0.25, -0.2) is 9.36 Å². The van der Waals surface area contributed by atoms with Gasteiger partial charge in [-0.1, -0.05) is 30.3 Å². The molecule has 0 radical (unpaired) electrons. The number of hydrogen-bond acceptors (Lipinski definition) is 4. The molecule has 0 aliphatic carbocycles. The molecule has 15 heavy (non-hydrogen) atoms. The SMILES string of the molecule is COC(=O)P(=O)(O)OCc1ccccc1. The van der Waals surface area contributed by atoms with Gasteiger partial charge >= 0.3 is 13.3 Å². The van der Waals surface area contributed by atoms with E-state index in [9.17, 15) is 9.36 Å². The van der Waals surface area contributed by atoms with Crippen LogP contribution < -0.4 is 0 Å². The molecule has 0 spiro atoms. The van der Waals surface area contributed by atoms with Crippen LogP contribution in [0, 0.1) is 0 Å². The number of ether oxygens (including phenoxy) is 1. The number of methoxy groups -OCH3 is 1. The highest BCUT2D eigenvalue weighted by molar-refractivity contribution is 7.70. The summed E-state index contributed by atoms with van der Waals surface area (Å²) in [5.41, 5.74) is -0.547. The summed E-state index contributed by atoms with van der Waals surface area (Å²) in [4.78, 5) is 19.9. The van der Waals surface area contributed by atoms with Gasteiger partial charge in [0.1, 0.15) is 0 Å². The molecule has 1 N–H and O–H groups in total. The number of rotatable bonds is 4. The molecular formula is C9H11O5P. The van der Waals surface area contributed by atoms with E-state index in [2.05, 4.69) is 9.26 Å². The van der Waals surface area contributed by atoms with Gasteiger partial charge in [0.05, 0.1) is 13.7 Å². The fourth-order valence-corrected chi connectivity index (χ4v) is 1.56. The maximum atomic E-state index is 11.2. The van der Waals surface area contributed by atoms with E-state index in [4.69, 9.17) is 4.89 Å². The van der Waals surface area contributed by atoms with Crippen molar-refractivity contribution in [1.82, 2.24) is 0 Å². The van der Waals surface area contributed by atoms with Crippen molar-refractivity contribution in [2.75, 3.05) is 7.11 Å². The average Bonchev–Trinajstić information content (AvgIpc) is 2.27. The average molecular weight is 230 g/mol. The summed E-state index contributed by atoms with van der Waals surface area (Å²) in [7, 11) is -3.29. The Bertz CT molecular complexity index is 375. The number of benzene rings is 1. The Balaban J connectivity index is 2.58. The molecule has 0 aliphatic rings. The molecule has 0 heterocycles. The first-order chi connectivity index (χ1) is 7.06. The zero-order chi connectivity index (χ0) is 11.3. The molecular weight excluding hydrogens is 219 g/mol. The van der Waals surface area contributed by atoms with Crippen LogP contribution in [0.3, 0.4) is 0 Å². The molecule has 1 unspecified atom stereocenters. The van der Waals surface area contributed by atoms with Crippen LogP contribution in [0.15, 0.2) is 30.3 Å². The molecule has 0 amide bonds. The Morgan fingerprint density at radius 1 is 1.40 bits per heavy atom. The highest BCUT2D eigenvalue weighted by Crippen LogP contribution is 2.44. The van der Waals surface area contributed by atoms with E-state index >= 15 is 0 Å². The lowest BCUT2D eigenvalue weighted by molar-refractivity contribution is 0.175. The van der Waals surface area contributed by atoms with Crippen LogP contribution in [-0.2, 0) is 20.4 Å². The smallest absolute Gasteiger partial charge is 0.436 e. The first-order valence-electron chi connectivity index (χ1n) is 4.16. The van der Waals surface area contributed by atoms with Crippen LogP contribution in [0.4, 0.5) is 4.79 Å². The Kier molecular flexibility index (Phi) is 4.03. The molecule has 5 nitrogen and oxygen atoms in total. The van der Waals surface area contributed by atoms with Crippen LogP contribution in [0.2, 0.25) is 0 Å². The van der Waals surface area contributed by atoms with Crippen LogP contribution in [0.25, 0.3) is 0 Å². The van der Waals surface area contributed by atoms with Crippen LogP contribution in [-0.4, -0.2) is 17.7 Å². The summed E-state index contributed by atoms with van der Waals surface area (Å²) in [5.74, 6) is 0. The molecule has 1 atom stereocenters. The van der Waals surface area contributed by atoms with Gasteiger partial charge in [0.25, 0.3) is 0 Å². The van der Waals surface area contributed by atoms with E-state index in [0.29, 0.717) is 5.56 Å². The van der Waals surface area contributed by atoms with E-state index in [-0.39, 0.29) is 6.61 Å². The van der Waals surface area contributed by atoms with Crippen molar-refractivity contribution in [2.45, 2.75) is 6.61 Å². The zero-order valence-electron chi connectivity index (χ0n) is 8.12. The van der Waals surface area contributed by atoms with Crippen molar-refractivity contribution in [3.63, 3.8) is 0 Å². The number of carbonyl (C=O) groups is 1. The summed E-state index contributed by atoms with van der Waals surface area (Å²) in [5, 5.41) is 0. The fourth-order valence-electron chi connectivity index (χ4n) is 0.904. The minimum absolute atomic E-state index is 0.107. The van der Waals surface area contributed by atoms with Crippen LogP contribution in [0.1, 0.15) is 5.56 Å². The quantitative estimate of drug-likeness (QED) is 0.802. The molecule has 1 aromatic carbocycles. The molecule has 0 bridgehead atoms. The van der Waals surface area contributed by atoms with Gasteiger partial charge in [0, 0.05) is 0 Å². The Morgan fingerprint density at radius 3 is 2.53 bits per heavy atom. The van der Waals surface area contributed by atoms with Gasteiger partial charge in [-0.15, -0.1) is 0 Å². The van der Waals surface area contributed by atoms with Gasteiger partial charge in [0.2, 0.25) is 0 Å². The Labute approximate surface area is 87.2 Å². The third-order valence-electron chi connectivity index (χ3n) is 1.65. The monoisotopic (exact) mass is 230 g/mol. The van der Waals surface area contributed by atoms with E-state index < -0.39 is 13.3 Å². The molecule has 0 fully saturated rings. The fraction of sp³-hybridized carbons (Fsp3) is 0.222. The van der Waals surface area contributed by atoms with Gasteiger partial charge < -0.3 is 9.63 Å². The highest BCUT2D eigenvalue weighted by atomic mass is 31.2. The summed E-state index contributed by atoms with van der Waals surface area (Å²) < 4.78 is 19.9. The largest absolute Gasteiger partial charge is 0.460 e. The predicted molar refractivity (Wildman–Crippen MR) is 53.5 cm³/mol. The van der Waals surface area contributed by atoms with E-state index in [1.165, 1.54) is 0 Å². The highest BCUT2D eigenvalue weighted by Gasteiger charge is 2.31. The molecule has 1 rings (SSSR count). The zero-order valence-corrected chi connectivity index (χ0v) is 9.02. The van der Waals surface area contributed by atoms with Crippen molar-refractivity contribution in [3.8, 4) is 0 Å². The molecule has 82 valence electrons. The van der Waals surface area contributed by atoms with Crippen molar-refractivity contribution in [1.29, 1.82) is 0 Å². The topological polar surface area (TPSA) is 72.8 Å². The summed E-state index contributed by atoms with van der Waals surface area (Å²) in [6.07, 6.45) is 0. The summed E-state index contributed by atoms with van der Waals surface area (Å²) >= 11 is 0. The standard InChI is InChI=1S/C9H11O5P/c1-13-9(10)15(11,12)14-7-8-5-3-2-4-6-8/h2-6H,7H2,1H3,(H,11,12). The maximum Gasteiger partial charge on any atom is 0.436 e. The molecule has 0 aromatic heterocycles. The van der Waals surface area contributed by atoms with Crippen LogP contribution in [0.5, 0.6) is 0 Å². The van der Waals surface area contributed by atoms with E-state index in [1.807, 2.05) is 6.07 Å². The van der Waals surface area contributed by atoms with Gasteiger partial charge in [-0.2, -0.15) is 0 Å². The minimum Gasteiger partial charge on any atom is -0.460 e. The summed E-state index contributed by atoms with van der Waals surface area (Å²) in [6, 6.07) is 8.77. The second-order valence-electron chi connectivity index (χ2n) is 2.75. The first kappa shape index (κ1) is 11.9. The van der Waals surface area contributed by atoms with Crippen molar-refractivity contribution in [3.05, 3.63) is 35.9 Å². The molecule has 0 aliphatic heterocycles. The lowest BCUT2D eigenvalue weighted by atomic mass is 10.2. The minimum atomic E-state index is -4.31. The lowest BCUT2D eigenvalue weighted by Gasteiger charge is -2.09. The third kappa shape index (κ3) is 3.47. The molecule has 1 aromatic rings. The van der Waals surface area contributed by atoms with Crippen LogP contribution >= 0.6 is 7.60 Å². The van der Waals surface area contributed by atoms with Gasteiger partial charge in [-0.05, 0) is 5.56 Å². The van der Waals surface area contributed by atoms with Crippen molar-refractivity contribution < 1.29 is 23.5 Å². The first-order valence-corrected chi connectivity index (χ1v) is 5.74. The maximum absolute atomic E-state index is 11.2. The molecule has 0 saturated carbocycles. The third-order valence-corrected chi connectivity index (χ3v) is 2.78. The molecule has 0 saturated heterocycles. The predicted octanol–water partition coefficient (Wildman–Crippen LogP) is 2.16. The van der Waals surface area contributed by atoms with E-state index in [1.54, 1.807) is 24.3 Å². The van der Waals surface area contributed by atoms with Gasteiger partial charge in [-0.3, -0.25) is 4.52 Å². The number of hydrogen-bond donors (Lipinski definition) is 1. The number of carbonyl (C=O) groups excluding carboxylic acids is 1. The van der Waals surface area contributed by atoms with Gasteiger partial charge in [0.15, 0.2) is 0 Å². The summed E-state index contributed by atoms with van der Waals surface area (Å²) in [6.45, 7) is -0.107. The normalized spacial score (nSPS) is 14.3. The van der Waals surface area contributed by atoms with E-state index in [0.717, 1.165) is 7.11 Å². The van der Waals surface area contributed by atoms with Crippen molar-refractivity contribution in [2.24, 2.45) is 0 Å². The second kappa shape index (κ2) is 5.07. The second-order valence-corrected chi connectivity index (χ2v) is 4.41. The molecule has 6 heteroatoms. The van der Waals surface area contributed by atoms with Crippen molar-refractivity contribution >= 4 is 13.3 Å².